The van der Waals surface area contributed by atoms with Crippen molar-refractivity contribution in [3.63, 3.8) is 0 Å². The summed E-state index contributed by atoms with van der Waals surface area (Å²) in [6.45, 7) is 2.81. The van der Waals surface area contributed by atoms with Gasteiger partial charge in [0.25, 0.3) is 0 Å². The molecule has 142 valence electrons. The Balaban J connectivity index is 1.61. The average Bonchev–Trinajstić information content (AvgIpc) is 3.00. The Kier molecular flexibility index (Phi) is 5.81. The Labute approximate surface area is 176 Å². The van der Waals surface area contributed by atoms with Crippen molar-refractivity contribution in [3.8, 4) is 0 Å². The highest BCUT2D eigenvalue weighted by atomic mass is 35.5. The smallest absolute Gasteiger partial charge is 0.191 e. The number of fused-ring (bicyclic) bond motifs is 3. The molecule has 4 rings (SSSR count). The van der Waals surface area contributed by atoms with Gasteiger partial charge in [-0.3, -0.25) is 0 Å². The molecule has 0 saturated heterocycles. The molecule has 1 aliphatic heterocycles. The molecule has 1 aromatic carbocycles. The first-order chi connectivity index (χ1) is 13.1. The fourth-order valence-electron chi connectivity index (χ4n) is 3.30. The van der Waals surface area contributed by atoms with E-state index in [1.807, 2.05) is 18.2 Å². The van der Waals surface area contributed by atoms with Crippen molar-refractivity contribution in [2.24, 2.45) is 0 Å². The Morgan fingerprint density at radius 2 is 2.07 bits per heavy atom. The maximum Gasteiger partial charge on any atom is 0.191 e. The Bertz CT molecular complexity index is 972. The molecule has 3 heterocycles. The molecule has 2 aromatic heterocycles. The molecule has 4 nitrogen and oxygen atoms in total. The van der Waals surface area contributed by atoms with Crippen molar-refractivity contribution in [2.75, 3.05) is 5.73 Å². The molecular formula is C19H19Cl2N3OS2. The lowest BCUT2D eigenvalue weighted by Crippen LogP contribution is -2.21. The van der Waals surface area contributed by atoms with Crippen LogP contribution in [0.15, 0.2) is 23.4 Å². The molecule has 0 amide bonds. The van der Waals surface area contributed by atoms with Crippen molar-refractivity contribution in [2.45, 2.75) is 49.8 Å². The lowest BCUT2D eigenvalue weighted by molar-refractivity contribution is 0.0254. The summed E-state index contributed by atoms with van der Waals surface area (Å²) >= 11 is 15.7. The average molecular weight is 440 g/mol. The van der Waals surface area contributed by atoms with Crippen LogP contribution in [0.25, 0.3) is 10.2 Å². The van der Waals surface area contributed by atoms with E-state index in [2.05, 4.69) is 11.9 Å². The van der Waals surface area contributed by atoms with E-state index < -0.39 is 0 Å². The van der Waals surface area contributed by atoms with E-state index in [-0.39, 0.29) is 6.10 Å². The quantitative estimate of drug-likeness (QED) is 0.383. The number of aromatic nitrogens is 2. The summed E-state index contributed by atoms with van der Waals surface area (Å²) in [6, 6.07) is 5.51. The zero-order valence-corrected chi connectivity index (χ0v) is 17.9. The number of anilines is 1. The van der Waals surface area contributed by atoms with Gasteiger partial charge in [0.1, 0.15) is 10.6 Å². The van der Waals surface area contributed by atoms with E-state index in [0.717, 1.165) is 35.0 Å². The van der Waals surface area contributed by atoms with Crippen molar-refractivity contribution in [1.29, 1.82) is 0 Å². The molecule has 1 atom stereocenters. The largest absolute Gasteiger partial charge is 0.383 e. The van der Waals surface area contributed by atoms with Crippen molar-refractivity contribution in [1.82, 2.24) is 9.97 Å². The van der Waals surface area contributed by atoms with E-state index in [9.17, 15) is 0 Å². The lowest BCUT2D eigenvalue weighted by Gasteiger charge is -2.22. The first kappa shape index (κ1) is 19.3. The number of thiophene rings is 1. The number of hydrogen-bond donors (Lipinski definition) is 1. The number of nitrogens with zero attached hydrogens (tertiary/aromatic N) is 2. The maximum atomic E-state index is 6.32. The van der Waals surface area contributed by atoms with Gasteiger partial charge in [0.15, 0.2) is 5.16 Å². The minimum atomic E-state index is 0.260. The number of benzene rings is 1. The van der Waals surface area contributed by atoms with Gasteiger partial charge >= 0.3 is 0 Å². The summed E-state index contributed by atoms with van der Waals surface area (Å²) in [6.07, 6.45) is 3.32. The SMILES string of the molecule is CCC[C@H]1Cc2c(sc3nc(SCc4c(Cl)cccc4Cl)nc(N)c23)CO1. The monoisotopic (exact) mass is 439 g/mol. The fourth-order valence-corrected chi connectivity index (χ4v) is 6.08. The number of rotatable bonds is 5. The normalized spacial score (nSPS) is 16.6. The Hall–Kier alpha value is -1.05. The molecule has 2 N–H and O–H groups in total. The first-order valence-electron chi connectivity index (χ1n) is 8.81. The molecule has 27 heavy (non-hydrogen) atoms. The molecule has 0 bridgehead atoms. The van der Waals surface area contributed by atoms with Gasteiger partial charge in [-0.05, 0) is 29.7 Å². The van der Waals surface area contributed by atoms with Gasteiger partial charge in [0.05, 0.1) is 18.1 Å². The standard InChI is InChI=1S/C19H19Cl2N3OS2/c1-2-4-10-7-11-15(8-25-10)27-18-16(11)17(22)23-19(24-18)26-9-12-13(20)5-3-6-14(12)21/h3,5-6,10H,2,4,7-9H2,1H3,(H2,22,23,24)/t10-/m0/s1. The highest BCUT2D eigenvalue weighted by Gasteiger charge is 2.25. The second-order valence-corrected chi connectivity index (χ2v) is 9.33. The highest BCUT2D eigenvalue weighted by molar-refractivity contribution is 7.98. The van der Waals surface area contributed by atoms with Crippen LogP contribution in [0.3, 0.4) is 0 Å². The van der Waals surface area contributed by atoms with Gasteiger partial charge in [-0.1, -0.05) is 54.4 Å². The molecule has 0 spiro atoms. The molecule has 0 fully saturated rings. The number of ether oxygens (including phenoxy) is 1. The van der Waals surface area contributed by atoms with Gasteiger partial charge in [-0.2, -0.15) is 0 Å². The molecule has 3 aromatic rings. The minimum Gasteiger partial charge on any atom is -0.383 e. The summed E-state index contributed by atoms with van der Waals surface area (Å²) in [5.74, 6) is 1.14. The molecule has 8 heteroatoms. The third-order valence-electron chi connectivity index (χ3n) is 4.64. The zero-order valence-electron chi connectivity index (χ0n) is 14.8. The van der Waals surface area contributed by atoms with Gasteiger partial charge in [-0.25, -0.2) is 9.97 Å². The van der Waals surface area contributed by atoms with Crippen LogP contribution in [0.2, 0.25) is 10.0 Å². The summed E-state index contributed by atoms with van der Waals surface area (Å²) in [5.41, 5.74) is 8.47. The Morgan fingerprint density at radius 3 is 2.81 bits per heavy atom. The number of thioether (sulfide) groups is 1. The van der Waals surface area contributed by atoms with Gasteiger partial charge in [0.2, 0.25) is 0 Å². The van der Waals surface area contributed by atoms with Gasteiger partial charge < -0.3 is 10.5 Å². The molecule has 0 radical (unpaired) electrons. The predicted molar refractivity (Wildman–Crippen MR) is 115 cm³/mol. The molecule has 0 saturated carbocycles. The van der Waals surface area contributed by atoms with Crippen LogP contribution < -0.4 is 5.73 Å². The molecule has 1 aliphatic rings. The van der Waals surface area contributed by atoms with Gasteiger partial charge in [-0.15, -0.1) is 11.3 Å². The van der Waals surface area contributed by atoms with E-state index in [1.165, 1.54) is 22.2 Å². The van der Waals surface area contributed by atoms with E-state index in [1.54, 1.807) is 11.3 Å². The molecule has 0 aliphatic carbocycles. The van der Waals surface area contributed by atoms with Gasteiger partial charge in [0, 0.05) is 27.1 Å². The summed E-state index contributed by atoms with van der Waals surface area (Å²) < 4.78 is 5.96. The molecular weight excluding hydrogens is 421 g/mol. The van der Waals surface area contributed by atoms with Crippen molar-refractivity contribution >= 4 is 62.3 Å². The van der Waals surface area contributed by atoms with E-state index in [4.69, 9.17) is 38.7 Å². The first-order valence-corrected chi connectivity index (χ1v) is 11.4. The number of halogens is 2. The maximum absolute atomic E-state index is 6.32. The molecule has 0 unspecified atom stereocenters. The third kappa shape index (κ3) is 3.91. The second-order valence-electron chi connectivity index (χ2n) is 6.49. The Morgan fingerprint density at radius 1 is 1.30 bits per heavy atom. The van der Waals surface area contributed by atoms with Crippen molar-refractivity contribution < 1.29 is 4.74 Å². The van der Waals surface area contributed by atoms with Crippen LogP contribution >= 0.6 is 46.3 Å². The summed E-state index contributed by atoms with van der Waals surface area (Å²) in [7, 11) is 0. The number of nitrogen functional groups attached to an aromatic ring is 1. The lowest BCUT2D eigenvalue weighted by atomic mass is 10.0. The summed E-state index contributed by atoms with van der Waals surface area (Å²) in [4.78, 5) is 11.4. The van der Waals surface area contributed by atoms with Crippen molar-refractivity contribution in [3.05, 3.63) is 44.2 Å². The minimum absolute atomic E-state index is 0.260. The number of hydrogen-bond acceptors (Lipinski definition) is 6. The van der Waals surface area contributed by atoms with E-state index in [0.29, 0.717) is 33.4 Å². The van der Waals surface area contributed by atoms with Crippen LogP contribution in [-0.4, -0.2) is 16.1 Å². The highest BCUT2D eigenvalue weighted by Crippen LogP contribution is 2.39. The topological polar surface area (TPSA) is 61.0 Å². The second kappa shape index (κ2) is 8.13. The van der Waals surface area contributed by atoms with Crippen LogP contribution in [0, 0.1) is 0 Å². The van der Waals surface area contributed by atoms with Crippen LogP contribution in [-0.2, 0) is 23.5 Å². The van der Waals surface area contributed by atoms with Crippen LogP contribution in [0.1, 0.15) is 35.8 Å². The zero-order chi connectivity index (χ0) is 19.0. The fraction of sp³-hybridized carbons (Fsp3) is 0.368. The predicted octanol–water partition coefficient (Wildman–Crippen LogP) is 6.11. The number of nitrogens with two attached hydrogens (primary N) is 1. The van der Waals surface area contributed by atoms with Crippen LogP contribution in [0.5, 0.6) is 0 Å². The summed E-state index contributed by atoms with van der Waals surface area (Å²) in [5, 5.41) is 2.93. The van der Waals surface area contributed by atoms with Crippen LogP contribution in [0.4, 0.5) is 5.82 Å². The third-order valence-corrected chi connectivity index (χ3v) is 7.32. The van der Waals surface area contributed by atoms with E-state index >= 15 is 0 Å².